The average molecular weight is 242 g/mol. The van der Waals surface area contributed by atoms with E-state index >= 15 is 0 Å². The van der Waals surface area contributed by atoms with Gasteiger partial charge in [0.05, 0.1) is 6.61 Å². The molecule has 1 aliphatic carbocycles. The molecule has 0 heterocycles. The lowest BCUT2D eigenvalue weighted by Crippen LogP contribution is -2.49. The maximum atomic E-state index is 5.34. The molecule has 3 heteroatoms. The van der Waals surface area contributed by atoms with Crippen LogP contribution in [0.1, 0.15) is 40.0 Å². The van der Waals surface area contributed by atoms with Crippen molar-refractivity contribution in [2.45, 2.75) is 51.6 Å². The van der Waals surface area contributed by atoms with Crippen molar-refractivity contribution in [3.8, 4) is 0 Å². The summed E-state index contributed by atoms with van der Waals surface area (Å²) in [6.07, 6.45) is 4.25. The Hall–Kier alpha value is -0.120. The molecule has 1 N–H and O–H groups in total. The van der Waals surface area contributed by atoms with Crippen LogP contribution in [0.25, 0.3) is 0 Å². The van der Waals surface area contributed by atoms with E-state index in [0.29, 0.717) is 6.04 Å². The molecule has 1 atom stereocenters. The Morgan fingerprint density at radius 3 is 2.41 bits per heavy atom. The summed E-state index contributed by atoms with van der Waals surface area (Å²) in [6.45, 7) is 9.67. The van der Waals surface area contributed by atoms with Crippen molar-refractivity contribution in [3.63, 3.8) is 0 Å². The molecule has 1 fully saturated rings. The van der Waals surface area contributed by atoms with Crippen molar-refractivity contribution in [1.29, 1.82) is 0 Å². The average Bonchev–Trinajstić information content (AvgIpc) is 2.16. The largest absolute Gasteiger partial charge is 0.383 e. The van der Waals surface area contributed by atoms with Crippen LogP contribution in [0, 0.1) is 5.92 Å². The SMILES string of the molecule is COCC(CNC(C)(C)C)N(C)CC1CCC1. The highest BCUT2D eigenvalue weighted by molar-refractivity contribution is 4.80. The fraction of sp³-hybridized carbons (Fsp3) is 1.00. The lowest BCUT2D eigenvalue weighted by Gasteiger charge is -2.36. The number of nitrogens with zero attached hydrogens (tertiary/aromatic N) is 1. The first kappa shape index (κ1) is 14.9. The van der Waals surface area contributed by atoms with Crippen molar-refractivity contribution in [1.82, 2.24) is 10.2 Å². The van der Waals surface area contributed by atoms with Crippen LogP contribution in [-0.2, 0) is 4.74 Å². The zero-order chi connectivity index (χ0) is 12.9. The summed E-state index contributed by atoms with van der Waals surface area (Å²) in [4.78, 5) is 2.46. The summed E-state index contributed by atoms with van der Waals surface area (Å²) in [7, 11) is 4.02. The fourth-order valence-corrected chi connectivity index (χ4v) is 2.19. The van der Waals surface area contributed by atoms with Crippen molar-refractivity contribution in [2.75, 3.05) is 33.9 Å². The van der Waals surface area contributed by atoms with Crippen LogP contribution in [0.5, 0.6) is 0 Å². The highest BCUT2D eigenvalue weighted by Gasteiger charge is 2.23. The van der Waals surface area contributed by atoms with E-state index in [1.807, 2.05) is 0 Å². The number of hydrogen-bond acceptors (Lipinski definition) is 3. The molecule has 0 aromatic rings. The molecule has 0 amide bonds. The summed E-state index contributed by atoms with van der Waals surface area (Å²) >= 11 is 0. The van der Waals surface area contributed by atoms with Crippen LogP contribution in [-0.4, -0.2) is 50.3 Å². The van der Waals surface area contributed by atoms with Gasteiger partial charge in [0.25, 0.3) is 0 Å². The van der Waals surface area contributed by atoms with Gasteiger partial charge in [-0.2, -0.15) is 0 Å². The first-order valence-corrected chi connectivity index (χ1v) is 6.86. The van der Waals surface area contributed by atoms with Gasteiger partial charge in [0, 0.05) is 31.8 Å². The monoisotopic (exact) mass is 242 g/mol. The summed E-state index contributed by atoms with van der Waals surface area (Å²) in [5, 5.41) is 3.58. The Bertz CT molecular complexity index is 209. The molecule has 102 valence electrons. The van der Waals surface area contributed by atoms with E-state index in [9.17, 15) is 0 Å². The Morgan fingerprint density at radius 1 is 1.35 bits per heavy atom. The highest BCUT2D eigenvalue weighted by Crippen LogP contribution is 2.27. The van der Waals surface area contributed by atoms with E-state index in [1.165, 1.54) is 25.8 Å². The highest BCUT2D eigenvalue weighted by atomic mass is 16.5. The van der Waals surface area contributed by atoms with Crippen molar-refractivity contribution in [2.24, 2.45) is 5.92 Å². The Kier molecular flexibility index (Phi) is 5.90. The van der Waals surface area contributed by atoms with Gasteiger partial charge in [-0.05, 0) is 46.6 Å². The number of methoxy groups -OCH3 is 1. The van der Waals surface area contributed by atoms with E-state index < -0.39 is 0 Å². The number of ether oxygens (including phenoxy) is 1. The zero-order valence-corrected chi connectivity index (χ0v) is 12.3. The Labute approximate surface area is 107 Å². The quantitative estimate of drug-likeness (QED) is 0.740. The van der Waals surface area contributed by atoms with Gasteiger partial charge in [-0.3, -0.25) is 4.90 Å². The van der Waals surface area contributed by atoms with E-state index in [4.69, 9.17) is 4.74 Å². The molecular formula is C14H30N2O. The number of rotatable bonds is 7. The molecule has 3 nitrogen and oxygen atoms in total. The molecular weight excluding hydrogens is 212 g/mol. The van der Waals surface area contributed by atoms with Crippen molar-refractivity contribution < 1.29 is 4.74 Å². The smallest absolute Gasteiger partial charge is 0.0630 e. The minimum atomic E-state index is 0.184. The van der Waals surface area contributed by atoms with Crippen LogP contribution in [0.15, 0.2) is 0 Å². The molecule has 17 heavy (non-hydrogen) atoms. The summed E-state index contributed by atoms with van der Waals surface area (Å²) in [5.41, 5.74) is 0.184. The van der Waals surface area contributed by atoms with Gasteiger partial charge in [-0.1, -0.05) is 6.42 Å². The molecule has 0 aliphatic heterocycles. The second-order valence-corrected chi connectivity index (χ2v) is 6.48. The molecule has 0 bridgehead atoms. The molecule has 0 radical (unpaired) electrons. The third-order valence-corrected chi connectivity index (χ3v) is 3.62. The van der Waals surface area contributed by atoms with E-state index in [-0.39, 0.29) is 5.54 Å². The Balaban J connectivity index is 2.34. The second-order valence-electron chi connectivity index (χ2n) is 6.48. The van der Waals surface area contributed by atoms with Crippen molar-refractivity contribution in [3.05, 3.63) is 0 Å². The minimum Gasteiger partial charge on any atom is -0.383 e. The lowest BCUT2D eigenvalue weighted by atomic mass is 9.85. The summed E-state index contributed by atoms with van der Waals surface area (Å²) in [5.74, 6) is 0.925. The van der Waals surface area contributed by atoms with E-state index in [2.05, 4.69) is 38.0 Å². The van der Waals surface area contributed by atoms with E-state index in [0.717, 1.165) is 19.1 Å². The second kappa shape index (κ2) is 6.72. The van der Waals surface area contributed by atoms with Crippen LogP contribution in [0.4, 0.5) is 0 Å². The molecule has 1 aliphatic rings. The fourth-order valence-electron chi connectivity index (χ4n) is 2.19. The molecule has 1 saturated carbocycles. The first-order valence-electron chi connectivity index (χ1n) is 6.86. The first-order chi connectivity index (χ1) is 7.92. The molecule has 1 unspecified atom stereocenters. The predicted molar refractivity (Wildman–Crippen MR) is 73.4 cm³/mol. The molecule has 0 spiro atoms. The van der Waals surface area contributed by atoms with Gasteiger partial charge in [-0.15, -0.1) is 0 Å². The van der Waals surface area contributed by atoms with Gasteiger partial charge < -0.3 is 10.1 Å². The summed E-state index contributed by atoms with van der Waals surface area (Å²) < 4.78 is 5.34. The maximum absolute atomic E-state index is 5.34. The molecule has 0 saturated heterocycles. The third-order valence-electron chi connectivity index (χ3n) is 3.62. The minimum absolute atomic E-state index is 0.184. The van der Waals surface area contributed by atoms with Crippen LogP contribution in [0.3, 0.4) is 0 Å². The third kappa shape index (κ3) is 5.84. The zero-order valence-electron chi connectivity index (χ0n) is 12.3. The van der Waals surface area contributed by atoms with Gasteiger partial charge in [-0.25, -0.2) is 0 Å². The van der Waals surface area contributed by atoms with Crippen LogP contribution in [0.2, 0.25) is 0 Å². The van der Waals surface area contributed by atoms with Crippen LogP contribution < -0.4 is 5.32 Å². The normalized spacial score (nSPS) is 19.4. The predicted octanol–water partition coefficient (Wildman–Crippen LogP) is 2.12. The molecule has 1 rings (SSSR count). The lowest BCUT2D eigenvalue weighted by molar-refractivity contribution is 0.0807. The van der Waals surface area contributed by atoms with Crippen LogP contribution >= 0.6 is 0 Å². The van der Waals surface area contributed by atoms with Gasteiger partial charge in [0.15, 0.2) is 0 Å². The van der Waals surface area contributed by atoms with Gasteiger partial charge in [0.1, 0.15) is 0 Å². The number of hydrogen-bond donors (Lipinski definition) is 1. The van der Waals surface area contributed by atoms with Gasteiger partial charge in [0.2, 0.25) is 0 Å². The number of likely N-dealkylation sites (N-methyl/N-ethyl adjacent to an activating group) is 1. The molecule has 0 aromatic heterocycles. The number of nitrogens with one attached hydrogen (secondary N) is 1. The Morgan fingerprint density at radius 2 is 2.00 bits per heavy atom. The molecule has 0 aromatic carbocycles. The maximum Gasteiger partial charge on any atom is 0.0630 e. The topological polar surface area (TPSA) is 24.5 Å². The van der Waals surface area contributed by atoms with Gasteiger partial charge >= 0.3 is 0 Å². The van der Waals surface area contributed by atoms with Crippen molar-refractivity contribution >= 4 is 0 Å². The summed E-state index contributed by atoms with van der Waals surface area (Å²) in [6, 6.07) is 0.486. The standard InChI is InChI=1S/C14H30N2O/c1-14(2,3)15-9-13(11-17-5)16(4)10-12-7-6-8-12/h12-13,15H,6-11H2,1-5H3. The van der Waals surface area contributed by atoms with E-state index in [1.54, 1.807) is 7.11 Å².